The van der Waals surface area contributed by atoms with Crippen LogP contribution < -0.4 is 0 Å². The molecule has 4 nitrogen and oxygen atoms in total. The van der Waals surface area contributed by atoms with Gasteiger partial charge in [-0.25, -0.2) is 0 Å². The lowest BCUT2D eigenvalue weighted by atomic mass is 10.0. The number of aliphatic carboxylic acids is 1. The predicted molar refractivity (Wildman–Crippen MR) is 64.7 cm³/mol. The zero-order chi connectivity index (χ0) is 15.3. The Morgan fingerprint density at radius 3 is 2.35 bits per heavy atom. The van der Waals surface area contributed by atoms with Crippen molar-refractivity contribution in [3.8, 4) is 6.07 Å². The third-order valence-electron chi connectivity index (χ3n) is 2.80. The number of hydrogen-bond donors (Lipinski definition) is 1. The van der Waals surface area contributed by atoms with Crippen LogP contribution in [0.5, 0.6) is 0 Å². The number of nitriles is 1. The van der Waals surface area contributed by atoms with Crippen molar-refractivity contribution in [1.29, 1.82) is 5.26 Å². The molecule has 0 heterocycles. The van der Waals surface area contributed by atoms with Gasteiger partial charge in [0.25, 0.3) is 0 Å². The molecule has 0 aromatic heterocycles. The second-order valence-electron chi connectivity index (χ2n) is 4.28. The molecule has 1 atom stereocenters. The Morgan fingerprint density at radius 2 is 1.95 bits per heavy atom. The first kappa shape index (κ1) is 16.0. The van der Waals surface area contributed by atoms with Crippen LogP contribution in [0.3, 0.4) is 0 Å². The SMILES string of the molecule is CN(CCC(=O)O)C(C#N)c1ccc(C(F)(F)F)cc1. The third kappa shape index (κ3) is 4.24. The molecule has 0 aliphatic carbocycles. The average Bonchev–Trinajstić information content (AvgIpc) is 2.37. The largest absolute Gasteiger partial charge is 0.481 e. The van der Waals surface area contributed by atoms with E-state index < -0.39 is 23.8 Å². The number of rotatable bonds is 5. The molecular formula is C13H13F3N2O2. The monoisotopic (exact) mass is 286 g/mol. The summed E-state index contributed by atoms with van der Waals surface area (Å²) < 4.78 is 37.3. The molecule has 0 spiro atoms. The number of carboxylic acids is 1. The number of benzene rings is 1. The molecule has 0 aliphatic rings. The van der Waals surface area contributed by atoms with E-state index >= 15 is 0 Å². The molecule has 0 bridgehead atoms. The lowest BCUT2D eigenvalue weighted by Crippen LogP contribution is -2.26. The second-order valence-corrected chi connectivity index (χ2v) is 4.28. The van der Waals surface area contributed by atoms with Crippen LogP contribution in [0, 0.1) is 11.3 Å². The van der Waals surface area contributed by atoms with Crippen LogP contribution in [0.25, 0.3) is 0 Å². The highest BCUT2D eigenvalue weighted by Crippen LogP contribution is 2.30. The Bertz CT molecular complexity index is 506. The number of nitrogens with zero attached hydrogens (tertiary/aromatic N) is 2. The van der Waals surface area contributed by atoms with Crippen molar-refractivity contribution in [3.05, 3.63) is 35.4 Å². The van der Waals surface area contributed by atoms with Gasteiger partial charge in [-0.2, -0.15) is 18.4 Å². The number of halogens is 3. The minimum Gasteiger partial charge on any atom is -0.481 e. The molecule has 1 rings (SSSR count). The first-order valence-electron chi connectivity index (χ1n) is 5.74. The summed E-state index contributed by atoms with van der Waals surface area (Å²) in [6.45, 7) is 0.134. The maximum Gasteiger partial charge on any atom is 0.416 e. The maximum atomic E-state index is 12.4. The van der Waals surface area contributed by atoms with Gasteiger partial charge in [0, 0.05) is 6.54 Å². The summed E-state index contributed by atoms with van der Waals surface area (Å²) in [5, 5.41) is 17.7. The van der Waals surface area contributed by atoms with Crippen molar-refractivity contribution in [2.75, 3.05) is 13.6 Å². The van der Waals surface area contributed by atoms with Gasteiger partial charge in [-0.3, -0.25) is 9.69 Å². The molecule has 0 saturated heterocycles. The summed E-state index contributed by atoms with van der Waals surface area (Å²) >= 11 is 0. The summed E-state index contributed by atoms with van der Waals surface area (Å²) in [5.74, 6) is -0.999. The Hall–Kier alpha value is -2.07. The number of carboxylic acid groups (broad SMARTS) is 1. The normalized spacial score (nSPS) is 13.0. The molecule has 0 radical (unpaired) electrons. The van der Waals surface area contributed by atoms with E-state index in [0.29, 0.717) is 5.56 Å². The molecule has 0 fully saturated rings. The van der Waals surface area contributed by atoms with E-state index in [2.05, 4.69) is 0 Å². The van der Waals surface area contributed by atoms with Crippen molar-refractivity contribution in [2.24, 2.45) is 0 Å². The maximum absolute atomic E-state index is 12.4. The summed E-state index contributed by atoms with van der Waals surface area (Å²) in [5.41, 5.74) is -0.389. The van der Waals surface area contributed by atoms with Gasteiger partial charge in [0.15, 0.2) is 0 Å². The number of hydrogen-bond acceptors (Lipinski definition) is 3. The van der Waals surface area contributed by atoms with Gasteiger partial charge in [0.2, 0.25) is 0 Å². The van der Waals surface area contributed by atoms with Crippen molar-refractivity contribution in [3.63, 3.8) is 0 Å². The molecule has 0 amide bonds. The summed E-state index contributed by atoms with van der Waals surface area (Å²) in [7, 11) is 1.55. The predicted octanol–water partition coefficient (Wildman–Crippen LogP) is 2.68. The zero-order valence-electron chi connectivity index (χ0n) is 10.7. The highest BCUT2D eigenvalue weighted by Gasteiger charge is 2.30. The second kappa shape index (κ2) is 6.39. The Labute approximate surface area is 114 Å². The first-order chi connectivity index (χ1) is 9.25. The van der Waals surface area contributed by atoms with Gasteiger partial charge in [0.1, 0.15) is 6.04 Å². The fraction of sp³-hybridized carbons (Fsp3) is 0.385. The topological polar surface area (TPSA) is 64.3 Å². The van der Waals surface area contributed by atoms with E-state index in [9.17, 15) is 18.0 Å². The minimum atomic E-state index is -4.42. The van der Waals surface area contributed by atoms with Crippen LogP contribution in [0.2, 0.25) is 0 Å². The molecule has 0 aliphatic heterocycles. The smallest absolute Gasteiger partial charge is 0.416 e. The quantitative estimate of drug-likeness (QED) is 0.903. The van der Waals surface area contributed by atoms with Crippen molar-refractivity contribution >= 4 is 5.97 Å². The molecule has 7 heteroatoms. The zero-order valence-corrected chi connectivity index (χ0v) is 10.7. The number of alkyl halides is 3. The Kier molecular flexibility index (Phi) is 5.11. The lowest BCUT2D eigenvalue weighted by Gasteiger charge is -2.22. The number of carbonyl (C=O) groups is 1. The van der Waals surface area contributed by atoms with Crippen LogP contribution in [0.1, 0.15) is 23.6 Å². The van der Waals surface area contributed by atoms with E-state index in [4.69, 9.17) is 10.4 Å². The van der Waals surface area contributed by atoms with Gasteiger partial charge >= 0.3 is 12.1 Å². The lowest BCUT2D eigenvalue weighted by molar-refractivity contribution is -0.138. The van der Waals surface area contributed by atoms with E-state index in [-0.39, 0.29) is 13.0 Å². The van der Waals surface area contributed by atoms with E-state index in [1.54, 1.807) is 7.05 Å². The molecular weight excluding hydrogens is 273 g/mol. The van der Waals surface area contributed by atoms with Gasteiger partial charge in [0.05, 0.1) is 18.1 Å². The summed E-state index contributed by atoms with van der Waals surface area (Å²) in [6, 6.07) is 5.45. The molecule has 1 N–H and O–H groups in total. The van der Waals surface area contributed by atoms with Crippen LogP contribution in [-0.4, -0.2) is 29.6 Å². The Morgan fingerprint density at radius 1 is 1.40 bits per heavy atom. The molecule has 1 aromatic rings. The van der Waals surface area contributed by atoms with E-state index in [1.165, 1.54) is 17.0 Å². The van der Waals surface area contributed by atoms with Crippen molar-refractivity contribution in [2.45, 2.75) is 18.6 Å². The average molecular weight is 286 g/mol. The van der Waals surface area contributed by atoms with E-state index in [0.717, 1.165) is 12.1 Å². The highest BCUT2D eigenvalue weighted by atomic mass is 19.4. The van der Waals surface area contributed by atoms with E-state index in [1.807, 2.05) is 6.07 Å². The standard InChI is InChI=1S/C13H13F3N2O2/c1-18(7-6-12(19)20)11(8-17)9-2-4-10(5-3-9)13(14,15)16/h2-5,11H,6-7H2,1H3,(H,19,20). The molecule has 20 heavy (non-hydrogen) atoms. The van der Waals surface area contributed by atoms with Gasteiger partial charge in [-0.05, 0) is 24.7 Å². The minimum absolute atomic E-state index is 0.134. The van der Waals surface area contributed by atoms with Gasteiger partial charge in [-0.1, -0.05) is 12.1 Å². The highest BCUT2D eigenvalue weighted by molar-refractivity contribution is 5.66. The van der Waals surface area contributed by atoms with Crippen LogP contribution in [0.15, 0.2) is 24.3 Å². The fourth-order valence-corrected chi connectivity index (χ4v) is 1.68. The molecule has 1 aromatic carbocycles. The van der Waals surface area contributed by atoms with Gasteiger partial charge < -0.3 is 5.11 Å². The fourth-order valence-electron chi connectivity index (χ4n) is 1.68. The van der Waals surface area contributed by atoms with Crippen LogP contribution >= 0.6 is 0 Å². The van der Waals surface area contributed by atoms with Gasteiger partial charge in [-0.15, -0.1) is 0 Å². The van der Waals surface area contributed by atoms with Crippen molar-refractivity contribution < 1.29 is 23.1 Å². The molecule has 108 valence electrons. The van der Waals surface area contributed by atoms with Crippen LogP contribution in [-0.2, 0) is 11.0 Å². The first-order valence-corrected chi connectivity index (χ1v) is 5.74. The van der Waals surface area contributed by atoms with Crippen LogP contribution in [0.4, 0.5) is 13.2 Å². The summed E-state index contributed by atoms with van der Waals surface area (Å²) in [4.78, 5) is 12.0. The van der Waals surface area contributed by atoms with Crippen molar-refractivity contribution in [1.82, 2.24) is 4.90 Å². The molecule has 1 unspecified atom stereocenters. The molecule has 0 saturated carbocycles. The third-order valence-corrected chi connectivity index (χ3v) is 2.80. The summed E-state index contributed by atoms with van der Waals surface area (Å²) in [6.07, 6.45) is -4.56. The Balaban J connectivity index is 2.85.